The molecule has 0 spiro atoms. The number of aromatic amines is 1. The number of anilines is 1. The number of hydrogen-bond acceptors (Lipinski definition) is 4. The van der Waals surface area contributed by atoms with E-state index < -0.39 is 0 Å². The summed E-state index contributed by atoms with van der Waals surface area (Å²) in [6, 6.07) is 16.0. The van der Waals surface area contributed by atoms with Gasteiger partial charge in [-0.2, -0.15) is 4.63 Å². The molecule has 1 unspecified atom stereocenters. The molecule has 43 heavy (non-hydrogen) atoms. The Kier molecular flexibility index (Phi) is 13.0. The summed E-state index contributed by atoms with van der Waals surface area (Å²) in [6.07, 6.45) is 15.2. The molecule has 2 N–H and O–H groups in total. The first-order chi connectivity index (χ1) is 20.9. The monoisotopic (exact) mass is 605 g/mol. The molecule has 0 bridgehead atoms. The second-order valence-corrected chi connectivity index (χ2v) is 12.1. The fourth-order valence-corrected chi connectivity index (χ4v) is 5.59. The number of halogens is 1. The molecule has 4 aromatic rings. The first-order valence-corrected chi connectivity index (χ1v) is 16.5. The van der Waals surface area contributed by atoms with Gasteiger partial charge in [-0.25, -0.2) is 4.98 Å². The normalized spacial score (nSPS) is 12.1. The standard InChI is InChI=1S/C35H48ClN5O2/c1-4-5-6-7-8-9-10-11-12-13-15-31(28-19-17-26(2)18-20-28)35(42)37-29-21-23-30(24-22-29)43-25-14-16-32-38-34-33(36)27(3)39-41(34)40-32/h17-24,31,39H,4-16,25H2,1-3H3,(H,37,42). The van der Waals surface area contributed by atoms with Gasteiger partial charge in [0.05, 0.1) is 18.2 Å². The summed E-state index contributed by atoms with van der Waals surface area (Å²) in [5, 5.41) is 11.3. The van der Waals surface area contributed by atoms with Gasteiger partial charge in [-0.1, -0.05) is 113 Å². The van der Waals surface area contributed by atoms with Gasteiger partial charge in [-0.15, -0.1) is 5.10 Å². The van der Waals surface area contributed by atoms with Crippen LogP contribution in [0.15, 0.2) is 48.5 Å². The molecule has 0 saturated heterocycles. The van der Waals surface area contributed by atoms with Gasteiger partial charge in [0, 0.05) is 12.1 Å². The van der Waals surface area contributed by atoms with Crippen LogP contribution in [0.25, 0.3) is 5.65 Å². The first-order valence-electron chi connectivity index (χ1n) is 16.1. The largest absolute Gasteiger partial charge is 0.494 e. The lowest BCUT2D eigenvalue weighted by Crippen LogP contribution is -2.21. The lowest BCUT2D eigenvalue weighted by molar-refractivity contribution is -0.117. The zero-order valence-electron chi connectivity index (χ0n) is 26.1. The van der Waals surface area contributed by atoms with Crippen molar-refractivity contribution in [1.82, 2.24) is 19.8 Å². The van der Waals surface area contributed by atoms with Crippen LogP contribution < -0.4 is 10.1 Å². The molecule has 2 heterocycles. The van der Waals surface area contributed by atoms with Crippen molar-refractivity contribution in [3.05, 3.63) is 76.2 Å². The number of rotatable bonds is 19. The third-order valence-electron chi connectivity index (χ3n) is 8.03. The lowest BCUT2D eigenvalue weighted by atomic mass is 9.91. The quantitative estimate of drug-likeness (QED) is 0.104. The van der Waals surface area contributed by atoms with Crippen molar-refractivity contribution in [2.45, 2.75) is 110 Å². The average molecular weight is 606 g/mol. The van der Waals surface area contributed by atoms with Crippen LogP contribution in [0.4, 0.5) is 5.69 Å². The van der Waals surface area contributed by atoms with Crippen molar-refractivity contribution >= 4 is 28.8 Å². The van der Waals surface area contributed by atoms with Crippen LogP contribution in [0.1, 0.15) is 113 Å². The number of nitrogens with zero attached hydrogens (tertiary/aromatic N) is 3. The van der Waals surface area contributed by atoms with Gasteiger partial charge in [0.15, 0.2) is 11.5 Å². The van der Waals surface area contributed by atoms with Crippen molar-refractivity contribution < 1.29 is 9.53 Å². The Morgan fingerprint density at radius 3 is 2.21 bits per heavy atom. The van der Waals surface area contributed by atoms with Gasteiger partial charge in [-0.05, 0) is 56.5 Å². The highest BCUT2D eigenvalue weighted by Crippen LogP contribution is 2.26. The molecule has 7 nitrogen and oxygen atoms in total. The van der Waals surface area contributed by atoms with Crippen LogP contribution in [0.3, 0.4) is 0 Å². The van der Waals surface area contributed by atoms with Crippen LogP contribution >= 0.6 is 11.6 Å². The number of carbonyl (C=O) groups is 1. The molecular formula is C35H48ClN5O2. The zero-order valence-corrected chi connectivity index (χ0v) is 26.9. The molecule has 0 fully saturated rings. The van der Waals surface area contributed by atoms with E-state index in [1.54, 1.807) is 4.63 Å². The maximum Gasteiger partial charge on any atom is 0.231 e. The van der Waals surface area contributed by atoms with Gasteiger partial charge in [0.2, 0.25) is 5.91 Å². The molecule has 1 atom stereocenters. The number of nitrogens with one attached hydrogen (secondary N) is 2. The van der Waals surface area contributed by atoms with E-state index in [-0.39, 0.29) is 11.8 Å². The molecule has 0 radical (unpaired) electrons. The Labute approximate surface area is 261 Å². The summed E-state index contributed by atoms with van der Waals surface area (Å²) < 4.78 is 7.54. The predicted molar refractivity (Wildman–Crippen MR) is 176 cm³/mol. The van der Waals surface area contributed by atoms with Gasteiger partial charge >= 0.3 is 0 Å². The van der Waals surface area contributed by atoms with Crippen LogP contribution in [-0.2, 0) is 11.2 Å². The number of ether oxygens (including phenoxy) is 1. The van der Waals surface area contributed by atoms with Gasteiger partial charge in [0.1, 0.15) is 10.8 Å². The third kappa shape index (κ3) is 10.1. The van der Waals surface area contributed by atoms with Crippen molar-refractivity contribution in [3.8, 4) is 5.75 Å². The van der Waals surface area contributed by atoms with Crippen molar-refractivity contribution in [1.29, 1.82) is 0 Å². The molecule has 2 aromatic carbocycles. The van der Waals surface area contributed by atoms with E-state index in [0.29, 0.717) is 23.7 Å². The van der Waals surface area contributed by atoms with E-state index in [0.717, 1.165) is 47.8 Å². The van der Waals surface area contributed by atoms with Gasteiger partial charge in [0.25, 0.3) is 0 Å². The summed E-state index contributed by atoms with van der Waals surface area (Å²) in [5.41, 5.74) is 4.57. The molecule has 0 aliphatic carbocycles. The summed E-state index contributed by atoms with van der Waals surface area (Å²) in [7, 11) is 0. The molecule has 232 valence electrons. The topological polar surface area (TPSA) is 84.3 Å². The Hall–Kier alpha value is -3.32. The van der Waals surface area contributed by atoms with E-state index in [4.69, 9.17) is 16.3 Å². The van der Waals surface area contributed by atoms with E-state index in [2.05, 4.69) is 58.6 Å². The second kappa shape index (κ2) is 17.1. The maximum absolute atomic E-state index is 13.4. The van der Waals surface area contributed by atoms with Crippen LogP contribution in [-0.4, -0.2) is 32.3 Å². The molecule has 2 aromatic heterocycles. The zero-order chi connectivity index (χ0) is 30.4. The van der Waals surface area contributed by atoms with Crippen LogP contribution in [0.2, 0.25) is 5.02 Å². The fraction of sp³-hybridized carbons (Fsp3) is 0.514. The molecule has 8 heteroatoms. The number of aromatic nitrogens is 4. The lowest BCUT2D eigenvalue weighted by Gasteiger charge is -2.18. The Morgan fingerprint density at radius 1 is 0.907 bits per heavy atom. The second-order valence-electron chi connectivity index (χ2n) is 11.7. The minimum atomic E-state index is -0.159. The van der Waals surface area contributed by atoms with Crippen LogP contribution in [0, 0.1) is 13.8 Å². The van der Waals surface area contributed by atoms with Crippen molar-refractivity contribution in [3.63, 3.8) is 0 Å². The van der Waals surface area contributed by atoms with Gasteiger partial charge < -0.3 is 10.1 Å². The minimum Gasteiger partial charge on any atom is -0.494 e. The van der Waals surface area contributed by atoms with E-state index >= 15 is 0 Å². The van der Waals surface area contributed by atoms with Crippen molar-refractivity contribution in [2.24, 2.45) is 0 Å². The number of fused-ring (bicyclic) bond motifs is 1. The number of benzene rings is 2. The highest BCUT2D eigenvalue weighted by Gasteiger charge is 2.20. The SMILES string of the molecule is CCCCCCCCCCCCC(C(=O)Nc1ccc(OCCCc2nc3c(Cl)c(C)[nH]n3n2)cc1)c1ccc(C)cc1. The molecule has 0 aliphatic heterocycles. The first kappa shape index (κ1) is 32.6. The number of H-pyrrole nitrogens is 1. The summed E-state index contributed by atoms with van der Waals surface area (Å²) in [4.78, 5) is 17.9. The Balaban J connectivity index is 1.20. The predicted octanol–water partition coefficient (Wildman–Crippen LogP) is 9.37. The molecule has 0 aliphatic rings. The number of carbonyl (C=O) groups excluding carboxylic acids is 1. The Morgan fingerprint density at radius 2 is 1.56 bits per heavy atom. The summed E-state index contributed by atoms with van der Waals surface area (Å²) in [5.74, 6) is 1.39. The number of aryl methyl sites for hydroxylation is 3. The van der Waals surface area contributed by atoms with E-state index in [1.165, 1.54) is 63.4 Å². The average Bonchev–Trinajstić information content (AvgIpc) is 3.52. The molecular weight excluding hydrogens is 558 g/mol. The highest BCUT2D eigenvalue weighted by molar-refractivity contribution is 6.34. The highest BCUT2D eigenvalue weighted by atomic mass is 35.5. The van der Waals surface area contributed by atoms with Crippen LogP contribution in [0.5, 0.6) is 5.75 Å². The van der Waals surface area contributed by atoms with E-state index in [1.807, 2.05) is 31.2 Å². The van der Waals surface area contributed by atoms with Gasteiger partial charge in [-0.3, -0.25) is 9.89 Å². The Bertz CT molecular complexity index is 1390. The number of unbranched alkanes of at least 4 members (excludes halogenated alkanes) is 9. The minimum absolute atomic E-state index is 0.0487. The molecule has 1 amide bonds. The molecule has 0 saturated carbocycles. The smallest absolute Gasteiger partial charge is 0.231 e. The van der Waals surface area contributed by atoms with E-state index in [9.17, 15) is 4.79 Å². The maximum atomic E-state index is 13.4. The number of hydrogen-bond donors (Lipinski definition) is 2. The molecule has 4 rings (SSSR count). The van der Waals surface area contributed by atoms with Crippen molar-refractivity contribution in [2.75, 3.05) is 11.9 Å². The third-order valence-corrected chi connectivity index (χ3v) is 8.48. The summed E-state index contributed by atoms with van der Waals surface area (Å²) in [6.45, 7) is 6.78. The fourth-order valence-electron chi connectivity index (χ4n) is 5.42. The number of amides is 1. The summed E-state index contributed by atoms with van der Waals surface area (Å²) >= 11 is 6.25.